The normalized spacial score (nSPS) is 10.9. The number of aliphatic hydroxyl groups excluding tert-OH is 1. The zero-order valence-corrected chi connectivity index (χ0v) is 9.35. The van der Waals surface area contributed by atoms with Crippen molar-refractivity contribution in [2.24, 2.45) is 0 Å². The van der Waals surface area contributed by atoms with Crippen molar-refractivity contribution in [3.8, 4) is 0 Å². The van der Waals surface area contributed by atoms with Crippen molar-refractivity contribution in [1.29, 1.82) is 0 Å². The molecule has 2 N–H and O–H groups in total. The van der Waals surface area contributed by atoms with Crippen molar-refractivity contribution in [3.63, 3.8) is 0 Å². The van der Waals surface area contributed by atoms with Gasteiger partial charge in [-0.15, -0.1) is 0 Å². The standard InChI is InChI=1S/C12H14N2O3/c15-8-4-3-7-14-10-6-2-1-5-9(10)11(16)13-12(14)17/h1-2,5-6,15H,3-4,7-8H2,(H,13,16,17). The monoisotopic (exact) mass is 234 g/mol. The minimum absolute atomic E-state index is 0.107. The molecule has 1 heterocycles. The van der Waals surface area contributed by atoms with E-state index >= 15 is 0 Å². The van der Waals surface area contributed by atoms with Gasteiger partial charge in [-0.3, -0.25) is 14.3 Å². The summed E-state index contributed by atoms with van der Waals surface area (Å²) < 4.78 is 1.53. The van der Waals surface area contributed by atoms with E-state index in [0.29, 0.717) is 30.3 Å². The highest BCUT2D eigenvalue weighted by Crippen LogP contribution is 2.07. The number of para-hydroxylation sites is 1. The van der Waals surface area contributed by atoms with Crippen molar-refractivity contribution < 1.29 is 5.11 Å². The number of benzene rings is 1. The van der Waals surface area contributed by atoms with E-state index < -0.39 is 5.69 Å². The molecule has 90 valence electrons. The van der Waals surface area contributed by atoms with Gasteiger partial charge in [-0.1, -0.05) is 12.1 Å². The maximum Gasteiger partial charge on any atom is 0.328 e. The first kappa shape index (κ1) is 11.6. The topological polar surface area (TPSA) is 75.1 Å². The average Bonchev–Trinajstić information content (AvgIpc) is 2.33. The number of aliphatic hydroxyl groups is 1. The lowest BCUT2D eigenvalue weighted by molar-refractivity contribution is 0.281. The van der Waals surface area contributed by atoms with Crippen LogP contribution in [0.2, 0.25) is 0 Å². The first-order chi connectivity index (χ1) is 8.24. The second-order valence-corrected chi connectivity index (χ2v) is 3.86. The third-order valence-electron chi connectivity index (χ3n) is 2.69. The summed E-state index contributed by atoms with van der Waals surface area (Å²) in [6.07, 6.45) is 1.34. The summed E-state index contributed by atoms with van der Waals surface area (Å²) in [5.74, 6) is 0. The fourth-order valence-corrected chi connectivity index (χ4v) is 1.85. The van der Waals surface area contributed by atoms with E-state index in [1.54, 1.807) is 24.3 Å². The molecule has 0 aliphatic rings. The van der Waals surface area contributed by atoms with E-state index in [4.69, 9.17) is 5.11 Å². The Kier molecular flexibility index (Phi) is 3.39. The van der Waals surface area contributed by atoms with E-state index in [1.807, 2.05) is 0 Å². The van der Waals surface area contributed by atoms with Gasteiger partial charge >= 0.3 is 5.69 Å². The number of nitrogens with one attached hydrogen (secondary N) is 1. The van der Waals surface area contributed by atoms with Crippen LogP contribution >= 0.6 is 0 Å². The number of aromatic nitrogens is 2. The first-order valence-electron chi connectivity index (χ1n) is 5.57. The predicted octanol–water partition coefficient (Wildman–Crippen LogP) is 0.462. The van der Waals surface area contributed by atoms with Crippen LogP contribution in [0, 0.1) is 0 Å². The molecule has 0 unspecified atom stereocenters. The SMILES string of the molecule is O=c1[nH]c(=O)n(CCCCO)c2ccccc12. The van der Waals surface area contributed by atoms with Crippen LogP contribution in [0.1, 0.15) is 12.8 Å². The molecule has 1 aromatic carbocycles. The van der Waals surface area contributed by atoms with Crippen molar-refractivity contribution in [2.45, 2.75) is 19.4 Å². The van der Waals surface area contributed by atoms with Gasteiger partial charge in [0.1, 0.15) is 0 Å². The Hall–Kier alpha value is -1.88. The molecule has 2 aromatic rings. The molecule has 0 aliphatic heterocycles. The zero-order valence-electron chi connectivity index (χ0n) is 9.35. The third-order valence-corrected chi connectivity index (χ3v) is 2.69. The van der Waals surface area contributed by atoms with E-state index in [9.17, 15) is 9.59 Å². The molecular weight excluding hydrogens is 220 g/mol. The number of fused-ring (bicyclic) bond motifs is 1. The van der Waals surface area contributed by atoms with Crippen LogP contribution in [-0.4, -0.2) is 21.3 Å². The molecule has 0 amide bonds. The highest BCUT2D eigenvalue weighted by molar-refractivity contribution is 5.77. The van der Waals surface area contributed by atoms with Gasteiger partial charge in [0.15, 0.2) is 0 Å². The number of H-pyrrole nitrogens is 1. The second-order valence-electron chi connectivity index (χ2n) is 3.86. The van der Waals surface area contributed by atoms with Gasteiger partial charge in [0.2, 0.25) is 0 Å². The van der Waals surface area contributed by atoms with Gasteiger partial charge in [-0.25, -0.2) is 4.79 Å². The number of aryl methyl sites for hydroxylation is 1. The van der Waals surface area contributed by atoms with E-state index in [2.05, 4.69) is 4.98 Å². The molecule has 1 aromatic heterocycles. The second kappa shape index (κ2) is 4.97. The fourth-order valence-electron chi connectivity index (χ4n) is 1.85. The largest absolute Gasteiger partial charge is 0.396 e. The summed E-state index contributed by atoms with van der Waals surface area (Å²) in [4.78, 5) is 25.6. The Labute approximate surface area is 97.3 Å². The van der Waals surface area contributed by atoms with E-state index in [1.165, 1.54) is 4.57 Å². The van der Waals surface area contributed by atoms with Crippen LogP contribution in [0.5, 0.6) is 0 Å². The average molecular weight is 234 g/mol. The van der Waals surface area contributed by atoms with Crippen molar-refractivity contribution in [1.82, 2.24) is 9.55 Å². The molecule has 0 saturated heterocycles. The van der Waals surface area contributed by atoms with Crippen molar-refractivity contribution in [3.05, 3.63) is 45.1 Å². The van der Waals surface area contributed by atoms with Gasteiger partial charge in [-0.05, 0) is 25.0 Å². The molecule has 0 fully saturated rings. The number of rotatable bonds is 4. The van der Waals surface area contributed by atoms with Crippen LogP contribution in [0.3, 0.4) is 0 Å². The van der Waals surface area contributed by atoms with Crippen LogP contribution < -0.4 is 11.2 Å². The third kappa shape index (κ3) is 2.29. The van der Waals surface area contributed by atoms with Gasteiger partial charge in [0, 0.05) is 13.2 Å². The lowest BCUT2D eigenvalue weighted by Crippen LogP contribution is -2.30. The molecule has 2 rings (SSSR count). The maximum absolute atomic E-state index is 11.7. The Balaban J connectivity index is 2.54. The summed E-state index contributed by atoms with van der Waals surface area (Å²) in [5.41, 5.74) is -0.116. The Bertz CT molecular complexity index is 627. The molecule has 17 heavy (non-hydrogen) atoms. The Morgan fingerprint density at radius 2 is 1.94 bits per heavy atom. The molecule has 0 spiro atoms. The highest BCUT2D eigenvalue weighted by atomic mass is 16.3. The molecule has 0 aliphatic carbocycles. The van der Waals surface area contributed by atoms with Crippen LogP contribution in [0.15, 0.2) is 33.9 Å². The minimum atomic E-state index is -0.397. The number of hydrogen-bond acceptors (Lipinski definition) is 3. The molecule has 5 heteroatoms. The minimum Gasteiger partial charge on any atom is -0.396 e. The van der Waals surface area contributed by atoms with E-state index in [0.717, 1.165) is 0 Å². The Morgan fingerprint density at radius 3 is 2.71 bits per heavy atom. The number of aromatic amines is 1. The van der Waals surface area contributed by atoms with Crippen molar-refractivity contribution >= 4 is 10.9 Å². The summed E-state index contributed by atoms with van der Waals surface area (Å²) in [6, 6.07) is 7.00. The maximum atomic E-state index is 11.7. The Morgan fingerprint density at radius 1 is 1.18 bits per heavy atom. The van der Waals surface area contributed by atoms with Gasteiger partial charge in [-0.2, -0.15) is 0 Å². The predicted molar refractivity (Wildman–Crippen MR) is 65.1 cm³/mol. The summed E-state index contributed by atoms with van der Waals surface area (Å²) >= 11 is 0. The molecule has 0 atom stereocenters. The number of nitrogens with zero attached hydrogens (tertiary/aromatic N) is 1. The molecular formula is C12H14N2O3. The summed E-state index contributed by atoms with van der Waals surface area (Å²) in [5, 5.41) is 9.24. The van der Waals surface area contributed by atoms with E-state index in [-0.39, 0.29) is 12.2 Å². The molecule has 0 radical (unpaired) electrons. The molecule has 0 bridgehead atoms. The van der Waals surface area contributed by atoms with Gasteiger partial charge < -0.3 is 5.11 Å². The lowest BCUT2D eigenvalue weighted by Gasteiger charge is -2.08. The van der Waals surface area contributed by atoms with Crippen molar-refractivity contribution in [2.75, 3.05) is 6.61 Å². The molecule has 0 saturated carbocycles. The van der Waals surface area contributed by atoms with Gasteiger partial charge in [0.05, 0.1) is 10.9 Å². The first-order valence-corrected chi connectivity index (χ1v) is 5.57. The van der Waals surface area contributed by atoms with Crippen LogP contribution in [-0.2, 0) is 6.54 Å². The zero-order chi connectivity index (χ0) is 12.3. The fraction of sp³-hybridized carbons (Fsp3) is 0.333. The van der Waals surface area contributed by atoms with Gasteiger partial charge in [0.25, 0.3) is 5.56 Å². The summed E-state index contributed by atoms with van der Waals surface area (Å²) in [6.45, 7) is 0.604. The van der Waals surface area contributed by atoms with Crippen LogP contribution in [0.4, 0.5) is 0 Å². The smallest absolute Gasteiger partial charge is 0.328 e. The number of unbranched alkanes of at least 4 members (excludes halogenated alkanes) is 1. The number of hydrogen-bond donors (Lipinski definition) is 2. The lowest BCUT2D eigenvalue weighted by atomic mass is 10.2. The van der Waals surface area contributed by atoms with Crippen LogP contribution in [0.25, 0.3) is 10.9 Å². The highest BCUT2D eigenvalue weighted by Gasteiger charge is 2.05. The summed E-state index contributed by atoms with van der Waals surface area (Å²) in [7, 11) is 0. The quantitative estimate of drug-likeness (QED) is 0.755. The molecule has 5 nitrogen and oxygen atoms in total.